The SMILES string of the molecule is CC(NC(=O)c1cccc(CN)c1)c1ccc(C(F)(F)F)cc1. The summed E-state index contributed by atoms with van der Waals surface area (Å²) in [6.45, 7) is 2.04. The third-order valence-corrected chi connectivity index (χ3v) is 3.51. The van der Waals surface area contributed by atoms with Gasteiger partial charge in [0.1, 0.15) is 0 Å². The zero-order valence-corrected chi connectivity index (χ0v) is 12.5. The topological polar surface area (TPSA) is 55.1 Å². The highest BCUT2D eigenvalue weighted by atomic mass is 19.4. The number of hydrogen-bond acceptors (Lipinski definition) is 2. The van der Waals surface area contributed by atoms with Crippen LogP contribution < -0.4 is 11.1 Å². The molecule has 0 heterocycles. The molecule has 3 nitrogen and oxygen atoms in total. The van der Waals surface area contributed by atoms with Crippen LogP contribution in [0, 0.1) is 0 Å². The van der Waals surface area contributed by atoms with Crippen LogP contribution in [0.25, 0.3) is 0 Å². The number of carbonyl (C=O) groups excluding carboxylic acids is 1. The number of rotatable bonds is 4. The van der Waals surface area contributed by atoms with E-state index in [0.717, 1.165) is 17.7 Å². The molecule has 0 aromatic heterocycles. The highest BCUT2D eigenvalue weighted by Crippen LogP contribution is 2.29. The van der Waals surface area contributed by atoms with E-state index in [2.05, 4.69) is 5.32 Å². The van der Waals surface area contributed by atoms with Gasteiger partial charge in [-0.05, 0) is 42.3 Å². The Balaban J connectivity index is 2.09. The van der Waals surface area contributed by atoms with E-state index in [1.165, 1.54) is 12.1 Å². The molecule has 0 aliphatic carbocycles. The van der Waals surface area contributed by atoms with Crippen LogP contribution in [0.15, 0.2) is 48.5 Å². The normalized spacial score (nSPS) is 12.7. The Morgan fingerprint density at radius 3 is 2.39 bits per heavy atom. The van der Waals surface area contributed by atoms with E-state index >= 15 is 0 Å². The van der Waals surface area contributed by atoms with Crippen LogP contribution in [0.3, 0.4) is 0 Å². The first kappa shape index (κ1) is 17.0. The van der Waals surface area contributed by atoms with Crippen molar-refractivity contribution >= 4 is 5.91 Å². The molecular formula is C17H17F3N2O. The first-order chi connectivity index (χ1) is 10.8. The fraction of sp³-hybridized carbons (Fsp3) is 0.235. The maximum atomic E-state index is 12.5. The third kappa shape index (κ3) is 4.32. The lowest BCUT2D eigenvalue weighted by atomic mass is 10.0. The largest absolute Gasteiger partial charge is 0.416 e. The van der Waals surface area contributed by atoms with Crippen LogP contribution in [-0.4, -0.2) is 5.91 Å². The Bertz CT molecular complexity index is 681. The van der Waals surface area contributed by atoms with Gasteiger partial charge >= 0.3 is 6.18 Å². The molecule has 0 fully saturated rings. The lowest BCUT2D eigenvalue weighted by Gasteiger charge is -2.16. The fourth-order valence-electron chi connectivity index (χ4n) is 2.16. The zero-order chi connectivity index (χ0) is 17.0. The summed E-state index contributed by atoms with van der Waals surface area (Å²) in [7, 11) is 0. The number of alkyl halides is 3. The molecule has 0 saturated carbocycles. The van der Waals surface area contributed by atoms with E-state index in [1.54, 1.807) is 25.1 Å². The van der Waals surface area contributed by atoms with E-state index in [9.17, 15) is 18.0 Å². The highest BCUT2D eigenvalue weighted by molar-refractivity contribution is 5.94. The predicted molar refractivity (Wildman–Crippen MR) is 81.7 cm³/mol. The average Bonchev–Trinajstić information content (AvgIpc) is 2.54. The molecule has 6 heteroatoms. The summed E-state index contributed by atoms with van der Waals surface area (Å²) < 4.78 is 37.6. The quantitative estimate of drug-likeness (QED) is 0.902. The summed E-state index contributed by atoms with van der Waals surface area (Å²) >= 11 is 0. The lowest BCUT2D eigenvalue weighted by Crippen LogP contribution is -2.26. The van der Waals surface area contributed by atoms with Crippen molar-refractivity contribution < 1.29 is 18.0 Å². The number of amides is 1. The minimum absolute atomic E-state index is 0.298. The van der Waals surface area contributed by atoms with Crippen molar-refractivity contribution in [2.45, 2.75) is 25.7 Å². The third-order valence-electron chi connectivity index (χ3n) is 3.51. The van der Waals surface area contributed by atoms with Crippen molar-refractivity contribution in [2.24, 2.45) is 5.73 Å². The van der Waals surface area contributed by atoms with Gasteiger partial charge < -0.3 is 11.1 Å². The smallest absolute Gasteiger partial charge is 0.346 e. The molecule has 1 atom stereocenters. The summed E-state index contributed by atoms with van der Waals surface area (Å²) in [6.07, 6.45) is -4.37. The molecule has 0 radical (unpaired) electrons. The number of carbonyl (C=O) groups is 1. The molecule has 2 rings (SSSR count). The molecule has 2 aromatic carbocycles. The summed E-state index contributed by atoms with van der Waals surface area (Å²) in [5.41, 5.74) is 6.72. The van der Waals surface area contributed by atoms with Crippen LogP contribution in [0.4, 0.5) is 13.2 Å². The van der Waals surface area contributed by atoms with E-state index < -0.39 is 17.8 Å². The van der Waals surface area contributed by atoms with Gasteiger partial charge in [0.2, 0.25) is 0 Å². The highest BCUT2D eigenvalue weighted by Gasteiger charge is 2.30. The summed E-state index contributed by atoms with van der Waals surface area (Å²) in [6, 6.07) is 11.2. The van der Waals surface area contributed by atoms with Crippen molar-refractivity contribution in [3.05, 3.63) is 70.8 Å². The van der Waals surface area contributed by atoms with Crippen molar-refractivity contribution in [1.82, 2.24) is 5.32 Å². The number of nitrogens with two attached hydrogens (primary N) is 1. The second-order valence-corrected chi connectivity index (χ2v) is 5.22. The van der Waals surface area contributed by atoms with Gasteiger partial charge in [-0.25, -0.2) is 0 Å². The minimum Gasteiger partial charge on any atom is -0.346 e. The van der Waals surface area contributed by atoms with Gasteiger partial charge in [0.05, 0.1) is 11.6 Å². The molecule has 0 bridgehead atoms. The standard InChI is InChI=1S/C17H17F3N2O/c1-11(13-5-7-15(8-6-13)17(18,19)20)22-16(23)14-4-2-3-12(9-14)10-21/h2-9,11H,10,21H2,1H3,(H,22,23). The lowest BCUT2D eigenvalue weighted by molar-refractivity contribution is -0.137. The van der Waals surface area contributed by atoms with Crippen molar-refractivity contribution in [1.29, 1.82) is 0 Å². The van der Waals surface area contributed by atoms with Crippen molar-refractivity contribution in [2.75, 3.05) is 0 Å². The number of hydrogen-bond donors (Lipinski definition) is 2. The van der Waals surface area contributed by atoms with Gasteiger partial charge in [0, 0.05) is 12.1 Å². The second kappa shape index (κ2) is 6.83. The van der Waals surface area contributed by atoms with Crippen LogP contribution in [0.1, 0.15) is 40.0 Å². The van der Waals surface area contributed by atoms with E-state index in [1.807, 2.05) is 6.07 Å². The Kier molecular flexibility index (Phi) is 5.05. The van der Waals surface area contributed by atoms with Gasteiger partial charge in [0.15, 0.2) is 0 Å². The Labute approximate surface area is 132 Å². The van der Waals surface area contributed by atoms with Gasteiger partial charge in [-0.15, -0.1) is 0 Å². The Morgan fingerprint density at radius 1 is 1.17 bits per heavy atom. The number of halogens is 3. The van der Waals surface area contributed by atoms with Crippen LogP contribution in [0.5, 0.6) is 0 Å². The van der Waals surface area contributed by atoms with Gasteiger partial charge in [-0.1, -0.05) is 24.3 Å². The number of benzene rings is 2. The van der Waals surface area contributed by atoms with E-state index in [0.29, 0.717) is 17.7 Å². The summed E-state index contributed by atoms with van der Waals surface area (Å²) in [5, 5.41) is 2.76. The molecule has 2 aromatic rings. The van der Waals surface area contributed by atoms with Gasteiger partial charge in [-0.2, -0.15) is 13.2 Å². The van der Waals surface area contributed by atoms with Crippen LogP contribution in [-0.2, 0) is 12.7 Å². The minimum atomic E-state index is -4.37. The molecule has 122 valence electrons. The molecule has 1 unspecified atom stereocenters. The Morgan fingerprint density at radius 2 is 1.83 bits per heavy atom. The molecule has 3 N–H and O–H groups in total. The zero-order valence-electron chi connectivity index (χ0n) is 12.5. The maximum Gasteiger partial charge on any atom is 0.416 e. The van der Waals surface area contributed by atoms with Crippen molar-refractivity contribution in [3.8, 4) is 0 Å². The average molecular weight is 322 g/mol. The van der Waals surface area contributed by atoms with Crippen LogP contribution in [0.2, 0.25) is 0 Å². The van der Waals surface area contributed by atoms with Crippen molar-refractivity contribution in [3.63, 3.8) is 0 Å². The molecule has 1 amide bonds. The molecule has 0 saturated heterocycles. The first-order valence-electron chi connectivity index (χ1n) is 7.08. The summed E-state index contributed by atoms with van der Waals surface area (Å²) in [4.78, 5) is 12.2. The summed E-state index contributed by atoms with van der Waals surface area (Å²) in [5.74, 6) is -0.298. The van der Waals surface area contributed by atoms with E-state index in [4.69, 9.17) is 5.73 Å². The number of nitrogens with one attached hydrogen (secondary N) is 1. The van der Waals surface area contributed by atoms with Gasteiger partial charge in [0.25, 0.3) is 5.91 Å². The fourth-order valence-corrected chi connectivity index (χ4v) is 2.16. The Hall–Kier alpha value is -2.34. The second-order valence-electron chi connectivity index (χ2n) is 5.22. The molecular weight excluding hydrogens is 305 g/mol. The molecule has 0 aliphatic rings. The van der Waals surface area contributed by atoms with E-state index in [-0.39, 0.29) is 5.91 Å². The van der Waals surface area contributed by atoms with Crippen LogP contribution >= 0.6 is 0 Å². The van der Waals surface area contributed by atoms with Gasteiger partial charge in [-0.3, -0.25) is 4.79 Å². The molecule has 0 spiro atoms. The maximum absolute atomic E-state index is 12.5. The predicted octanol–water partition coefficient (Wildman–Crippen LogP) is 3.66. The molecule has 0 aliphatic heterocycles. The molecule has 23 heavy (non-hydrogen) atoms. The first-order valence-corrected chi connectivity index (χ1v) is 7.08. The monoisotopic (exact) mass is 322 g/mol.